The van der Waals surface area contributed by atoms with Gasteiger partial charge in [-0.05, 0) is 55.8 Å². The van der Waals surface area contributed by atoms with Gasteiger partial charge < -0.3 is 14.8 Å². The molecular weight excluding hydrogens is 506 g/mol. The second-order valence-corrected chi connectivity index (χ2v) is 9.12. The van der Waals surface area contributed by atoms with E-state index in [-0.39, 0.29) is 11.5 Å². The van der Waals surface area contributed by atoms with Gasteiger partial charge in [0.15, 0.2) is 5.65 Å². The fraction of sp³-hybridized carbons (Fsp3) is 0.222. The van der Waals surface area contributed by atoms with Gasteiger partial charge in [0, 0.05) is 11.9 Å². The van der Waals surface area contributed by atoms with Crippen LogP contribution in [0.2, 0.25) is 5.02 Å². The molecule has 2 aromatic carbocycles. The molecule has 0 atom stereocenters. The van der Waals surface area contributed by atoms with Crippen molar-refractivity contribution in [2.75, 3.05) is 19.5 Å². The van der Waals surface area contributed by atoms with E-state index in [1.54, 1.807) is 43.2 Å². The Morgan fingerprint density at radius 1 is 0.947 bits per heavy atom. The van der Waals surface area contributed by atoms with Gasteiger partial charge in [0.25, 0.3) is 5.91 Å². The zero-order valence-corrected chi connectivity index (χ0v) is 22.2. The molecule has 0 saturated carbocycles. The zero-order chi connectivity index (χ0) is 26.8. The lowest BCUT2D eigenvalue weighted by Gasteiger charge is -2.09. The van der Waals surface area contributed by atoms with Crippen molar-refractivity contribution >= 4 is 34.2 Å². The van der Waals surface area contributed by atoms with Crippen molar-refractivity contribution in [3.63, 3.8) is 0 Å². The summed E-state index contributed by atoms with van der Waals surface area (Å²) in [7, 11) is 3.23. The lowest BCUT2D eigenvalue weighted by atomic mass is 10.2. The van der Waals surface area contributed by atoms with Gasteiger partial charge in [-0.25, -0.2) is 14.3 Å². The molecule has 5 aromatic rings. The minimum absolute atomic E-state index is 0.263. The molecule has 0 aliphatic rings. The van der Waals surface area contributed by atoms with E-state index >= 15 is 0 Å². The number of nitrogens with zero attached hydrogens (tertiary/aromatic N) is 6. The number of nitrogens with one attached hydrogen (secondary N) is 1. The summed E-state index contributed by atoms with van der Waals surface area (Å²) in [5.41, 5.74) is 4.88. The van der Waals surface area contributed by atoms with Gasteiger partial charge in [-0.2, -0.15) is 5.10 Å². The Hall–Kier alpha value is -4.44. The average molecular weight is 532 g/mol. The third-order valence-corrected chi connectivity index (χ3v) is 6.73. The first-order chi connectivity index (χ1) is 18.4. The number of carbonyl (C=O) groups is 1. The van der Waals surface area contributed by atoms with Crippen LogP contribution in [0, 0.1) is 13.8 Å². The molecule has 0 aliphatic heterocycles. The van der Waals surface area contributed by atoms with Gasteiger partial charge >= 0.3 is 0 Å². The summed E-state index contributed by atoms with van der Waals surface area (Å²) < 4.78 is 14.0. The Morgan fingerprint density at radius 3 is 2.26 bits per heavy atom. The maximum absolute atomic E-state index is 13.0. The first-order valence-electron chi connectivity index (χ1n) is 11.9. The van der Waals surface area contributed by atoms with Crippen LogP contribution >= 0.6 is 11.6 Å². The standard InChI is InChI=1S/C27H26ClN7O3/c1-16-24-25(28)22(27(36)30-19-7-11-21(38-4)12-8-19)13-29-26(24)35(32-16)15-23-17(2)34(33-31-23)14-18-5-9-20(37-3)10-6-18/h5-13H,14-15H2,1-4H3,(H,30,36). The molecule has 0 aliphatic carbocycles. The van der Waals surface area contributed by atoms with Crippen molar-refractivity contribution in [2.45, 2.75) is 26.9 Å². The number of hydrogen-bond acceptors (Lipinski definition) is 7. The Balaban J connectivity index is 1.37. The highest BCUT2D eigenvalue weighted by Gasteiger charge is 2.21. The largest absolute Gasteiger partial charge is 0.497 e. The Labute approximate surface area is 224 Å². The Bertz CT molecular complexity index is 1610. The minimum atomic E-state index is -0.362. The zero-order valence-electron chi connectivity index (χ0n) is 21.4. The van der Waals surface area contributed by atoms with E-state index in [1.807, 2.05) is 42.8 Å². The summed E-state index contributed by atoms with van der Waals surface area (Å²) in [6.45, 7) is 4.75. The number of aryl methyl sites for hydroxylation is 1. The van der Waals surface area contributed by atoms with Crippen LogP contribution in [0.25, 0.3) is 11.0 Å². The van der Waals surface area contributed by atoms with Crippen LogP contribution in [-0.4, -0.2) is 49.9 Å². The summed E-state index contributed by atoms with van der Waals surface area (Å²) in [5, 5.41) is 17.1. The van der Waals surface area contributed by atoms with Crippen LogP contribution in [0.1, 0.15) is 33.0 Å². The number of hydrogen-bond donors (Lipinski definition) is 1. The van der Waals surface area contributed by atoms with E-state index in [9.17, 15) is 4.79 Å². The van der Waals surface area contributed by atoms with Crippen molar-refractivity contribution in [2.24, 2.45) is 0 Å². The molecule has 1 N–H and O–H groups in total. The molecule has 0 bridgehead atoms. The smallest absolute Gasteiger partial charge is 0.258 e. The molecular formula is C27H26ClN7O3. The predicted molar refractivity (Wildman–Crippen MR) is 144 cm³/mol. The maximum Gasteiger partial charge on any atom is 0.258 e. The van der Waals surface area contributed by atoms with Gasteiger partial charge in [0.2, 0.25) is 0 Å². The van der Waals surface area contributed by atoms with E-state index in [0.717, 1.165) is 22.7 Å². The number of ether oxygens (including phenoxy) is 2. The number of methoxy groups -OCH3 is 2. The second kappa shape index (κ2) is 10.5. The predicted octanol–water partition coefficient (Wildman–Crippen LogP) is 4.66. The summed E-state index contributed by atoms with van der Waals surface area (Å²) in [5.74, 6) is 1.14. The summed E-state index contributed by atoms with van der Waals surface area (Å²) in [6.07, 6.45) is 1.47. The normalized spacial score (nSPS) is 11.1. The van der Waals surface area contributed by atoms with E-state index in [1.165, 1.54) is 6.20 Å². The fourth-order valence-corrected chi connectivity index (χ4v) is 4.51. The summed E-state index contributed by atoms with van der Waals surface area (Å²) in [4.78, 5) is 17.5. The van der Waals surface area contributed by atoms with E-state index in [0.29, 0.717) is 46.3 Å². The van der Waals surface area contributed by atoms with Crippen LogP contribution in [0.5, 0.6) is 11.5 Å². The summed E-state index contributed by atoms with van der Waals surface area (Å²) in [6, 6.07) is 14.9. The van der Waals surface area contributed by atoms with E-state index in [4.69, 9.17) is 21.1 Å². The van der Waals surface area contributed by atoms with Crippen molar-refractivity contribution in [3.05, 3.63) is 88.0 Å². The first kappa shape index (κ1) is 25.2. The van der Waals surface area contributed by atoms with Gasteiger partial charge in [-0.1, -0.05) is 28.9 Å². The quantitative estimate of drug-likeness (QED) is 0.310. The van der Waals surface area contributed by atoms with Crippen LogP contribution in [0.4, 0.5) is 5.69 Å². The molecule has 0 spiro atoms. The van der Waals surface area contributed by atoms with Gasteiger partial charge in [0.05, 0.1) is 54.7 Å². The average Bonchev–Trinajstić information content (AvgIpc) is 3.44. The second-order valence-electron chi connectivity index (χ2n) is 8.74. The monoisotopic (exact) mass is 531 g/mol. The number of pyridine rings is 1. The number of amides is 1. The molecule has 0 saturated heterocycles. The number of aromatic nitrogens is 6. The van der Waals surface area contributed by atoms with Crippen LogP contribution < -0.4 is 14.8 Å². The highest BCUT2D eigenvalue weighted by molar-refractivity contribution is 6.39. The van der Waals surface area contributed by atoms with Crippen molar-refractivity contribution in [3.8, 4) is 11.5 Å². The number of fused-ring (bicyclic) bond motifs is 1. The molecule has 5 rings (SSSR count). The number of carbonyl (C=O) groups excluding carboxylic acids is 1. The van der Waals surface area contributed by atoms with E-state index in [2.05, 4.69) is 25.7 Å². The number of benzene rings is 2. The fourth-order valence-electron chi connectivity index (χ4n) is 4.15. The lowest BCUT2D eigenvalue weighted by molar-refractivity contribution is 0.102. The van der Waals surface area contributed by atoms with Gasteiger partial charge in [0.1, 0.15) is 17.2 Å². The topological polar surface area (TPSA) is 109 Å². The maximum atomic E-state index is 13.0. The van der Waals surface area contributed by atoms with Crippen molar-refractivity contribution in [1.29, 1.82) is 0 Å². The lowest BCUT2D eigenvalue weighted by Crippen LogP contribution is -2.13. The Kier molecular flexibility index (Phi) is 6.97. The molecule has 38 heavy (non-hydrogen) atoms. The molecule has 1 amide bonds. The molecule has 0 unspecified atom stereocenters. The highest BCUT2D eigenvalue weighted by Crippen LogP contribution is 2.29. The van der Waals surface area contributed by atoms with Crippen molar-refractivity contribution in [1.82, 2.24) is 29.8 Å². The number of anilines is 1. The molecule has 11 heteroatoms. The molecule has 3 heterocycles. The third-order valence-electron chi connectivity index (χ3n) is 6.33. The third kappa shape index (κ3) is 4.90. The number of halogens is 1. The molecule has 194 valence electrons. The van der Waals surface area contributed by atoms with Crippen molar-refractivity contribution < 1.29 is 14.3 Å². The summed E-state index contributed by atoms with van der Waals surface area (Å²) >= 11 is 6.70. The molecule has 0 fully saturated rings. The molecule has 3 aromatic heterocycles. The molecule has 10 nitrogen and oxygen atoms in total. The van der Waals surface area contributed by atoms with Crippen LogP contribution in [-0.2, 0) is 13.1 Å². The minimum Gasteiger partial charge on any atom is -0.497 e. The van der Waals surface area contributed by atoms with Crippen LogP contribution in [0.3, 0.4) is 0 Å². The number of rotatable bonds is 8. The first-order valence-corrected chi connectivity index (χ1v) is 12.2. The van der Waals surface area contributed by atoms with E-state index < -0.39 is 0 Å². The Morgan fingerprint density at radius 2 is 1.61 bits per heavy atom. The van der Waals surface area contributed by atoms with Gasteiger partial charge in [-0.15, -0.1) is 5.10 Å². The van der Waals surface area contributed by atoms with Gasteiger partial charge in [-0.3, -0.25) is 4.79 Å². The van der Waals surface area contributed by atoms with Crippen LogP contribution in [0.15, 0.2) is 54.7 Å². The SMILES string of the molecule is COc1ccc(Cn2nnc(Cn3nc(C)c4c(Cl)c(C(=O)Nc5ccc(OC)cc5)cnc43)c2C)cc1. The molecule has 0 radical (unpaired) electrons. The highest BCUT2D eigenvalue weighted by atomic mass is 35.5.